The zero-order valence-corrected chi connectivity index (χ0v) is 12.8. The van der Waals surface area contributed by atoms with Crippen LogP contribution in [0.4, 0.5) is 4.39 Å². The molecule has 0 aliphatic rings. The Morgan fingerprint density at radius 1 is 1.19 bits per heavy atom. The lowest BCUT2D eigenvalue weighted by molar-refractivity contribution is 0.239. The molecule has 0 aliphatic heterocycles. The maximum Gasteiger partial charge on any atom is 0.145 e. The molecule has 0 saturated carbocycles. The highest BCUT2D eigenvalue weighted by Gasteiger charge is 2.21. The summed E-state index contributed by atoms with van der Waals surface area (Å²) in [5.74, 6) is -0.265. The van der Waals surface area contributed by atoms with Gasteiger partial charge in [-0.05, 0) is 32.6 Å². The van der Waals surface area contributed by atoms with Crippen LogP contribution < -0.4 is 5.32 Å². The lowest BCUT2D eigenvalue weighted by atomic mass is 9.99. The fourth-order valence-corrected chi connectivity index (χ4v) is 2.61. The standard InChI is InChI=1S/C17H22FN3/c1-13(20-11-15-9-10-19-12-16(15)18)17(21(2)3)14-7-5-4-6-8-14/h4-10,12-13,17,20H,11H2,1-3H3. The van der Waals surface area contributed by atoms with Crippen LogP contribution >= 0.6 is 0 Å². The highest BCUT2D eigenvalue weighted by Crippen LogP contribution is 2.22. The number of rotatable bonds is 6. The SMILES string of the molecule is CC(NCc1ccncc1F)C(c1ccccc1)N(C)C. The molecule has 112 valence electrons. The van der Waals surface area contributed by atoms with E-state index in [1.165, 1.54) is 11.8 Å². The van der Waals surface area contributed by atoms with E-state index in [9.17, 15) is 4.39 Å². The number of pyridine rings is 1. The third kappa shape index (κ3) is 4.09. The zero-order chi connectivity index (χ0) is 15.2. The van der Waals surface area contributed by atoms with Crippen LogP contribution in [-0.4, -0.2) is 30.0 Å². The molecule has 3 nitrogen and oxygen atoms in total. The van der Waals surface area contributed by atoms with Crippen molar-refractivity contribution in [1.29, 1.82) is 0 Å². The Morgan fingerprint density at radius 3 is 2.52 bits per heavy atom. The van der Waals surface area contributed by atoms with E-state index in [4.69, 9.17) is 0 Å². The Morgan fingerprint density at radius 2 is 1.90 bits per heavy atom. The first-order chi connectivity index (χ1) is 10.1. The van der Waals surface area contributed by atoms with Crippen LogP contribution in [0.2, 0.25) is 0 Å². The molecule has 2 unspecified atom stereocenters. The Hall–Kier alpha value is -1.78. The number of aromatic nitrogens is 1. The molecule has 21 heavy (non-hydrogen) atoms. The first-order valence-electron chi connectivity index (χ1n) is 7.12. The minimum absolute atomic E-state index is 0.190. The van der Waals surface area contributed by atoms with Crippen molar-refractivity contribution in [1.82, 2.24) is 15.2 Å². The van der Waals surface area contributed by atoms with Crippen LogP contribution in [0.5, 0.6) is 0 Å². The summed E-state index contributed by atoms with van der Waals surface area (Å²) in [5, 5.41) is 3.41. The van der Waals surface area contributed by atoms with Gasteiger partial charge in [-0.3, -0.25) is 4.98 Å². The normalized spacial score (nSPS) is 14.1. The molecule has 0 spiro atoms. The van der Waals surface area contributed by atoms with Crippen molar-refractivity contribution >= 4 is 0 Å². The number of hydrogen-bond acceptors (Lipinski definition) is 3. The van der Waals surface area contributed by atoms with Crippen molar-refractivity contribution in [2.45, 2.75) is 25.6 Å². The van der Waals surface area contributed by atoms with Gasteiger partial charge in [-0.2, -0.15) is 0 Å². The molecule has 1 N–H and O–H groups in total. The Labute approximate surface area is 125 Å². The maximum absolute atomic E-state index is 13.6. The summed E-state index contributed by atoms with van der Waals surface area (Å²) in [7, 11) is 4.12. The third-order valence-corrected chi connectivity index (χ3v) is 3.64. The molecular formula is C17H22FN3. The maximum atomic E-state index is 13.6. The van der Waals surface area contributed by atoms with E-state index < -0.39 is 0 Å². The van der Waals surface area contributed by atoms with Gasteiger partial charge in [0.1, 0.15) is 5.82 Å². The molecule has 1 aromatic heterocycles. The topological polar surface area (TPSA) is 28.2 Å². The molecule has 4 heteroatoms. The van der Waals surface area contributed by atoms with E-state index in [0.717, 1.165) is 0 Å². The summed E-state index contributed by atoms with van der Waals surface area (Å²) in [6.45, 7) is 2.61. The minimum Gasteiger partial charge on any atom is -0.308 e. The summed E-state index contributed by atoms with van der Waals surface area (Å²) < 4.78 is 13.6. The molecule has 0 aliphatic carbocycles. The van der Waals surface area contributed by atoms with Crippen molar-refractivity contribution in [2.75, 3.05) is 14.1 Å². The monoisotopic (exact) mass is 287 g/mol. The smallest absolute Gasteiger partial charge is 0.145 e. The van der Waals surface area contributed by atoms with Gasteiger partial charge in [-0.25, -0.2) is 4.39 Å². The minimum atomic E-state index is -0.265. The lowest BCUT2D eigenvalue weighted by Gasteiger charge is -2.31. The van der Waals surface area contributed by atoms with E-state index in [1.807, 2.05) is 18.2 Å². The summed E-state index contributed by atoms with van der Waals surface area (Å²) in [6.07, 6.45) is 2.87. The van der Waals surface area contributed by atoms with E-state index in [1.54, 1.807) is 12.3 Å². The van der Waals surface area contributed by atoms with Crippen LogP contribution in [0.3, 0.4) is 0 Å². The van der Waals surface area contributed by atoms with Crippen molar-refractivity contribution in [3.05, 3.63) is 65.7 Å². The molecule has 2 aromatic rings. The molecule has 0 fully saturated rings. The summed E-state index contributed by atoms with van der Waals surface area (Å²) >= 11 is 0. The highest BCUT2D eigenvalue weighted by atomic mass is 19.1. The molecule has 2 atom stereocenters. The fourth-order valence-electron chi connectivity index (χ4n) is 2.61. The van der Waals surface area contributed by atoms with Crippen molar-refractivity contribution in [3.8, 4) is 0 Å². The number of likely N-dealkylation sites (N-methyl/N-ethyl adjacent to an activating group) is 1. The van der Waals surface area contributed by atoms with Crippen LogP contribution in [-0.2, 0) is 6.54 Å². The van der Waals surface area contributed by atoms with Gasteiger partial charge in [0, 0.05) is 30.4 Å². The molecule has 0 bridgehead atoms. The molecule has 2 rings (SSSR count). The van der Waals surface area contributed by atoms with Gasteiger partial charge in [0.05, 0.1) is 6.20 Å². The van der Waals surface area contributed by atoms with Crippen LogP contribution in [0.15, 0.2) is 48.8 Å². The second-order valence-corrected chi connectivity index (χ2v) is 5.46. The van der Waals surface area contributed by atoms with Gasteiger partial charge >= 0.3 is 0 Å². The quantitative estimate of drug-likeness (QED) is 0.885. The van der Waals surface area contributed by atoms with Gasteiger partial charge in [0.15, 0.2) is 0 Å². The predicted octanol–water partition coefficient (Wildman–Crippen LogP) is 3.00. The number of hydrogen-bond donors (Lipinski definition) is 1. The second-order valence-electron chi connectivity index (χ2n) is 5.46. The number of nitrogens with one attached hydrogen (secondary N) is 1. The molecule has 1 heterocycles. The third-order valence-electron chi connectivity index (χ3n) is 3.64. The van der Waals surface area contributed by atoms with Crippen molar-refractivity contribution in [3.63, 3.8) is 0 Å². The van der Waals surface area contributed by atoms with E-state index in [2.05, 4.69) is 48.4 Å². The highest BCUT2D eigenvalue weighted by molar-refractivity contribution is 5.21. The van der Waals surface area contributed by atoms with Gasteiger partial charge in [-0.1, -0.05) is 30.3 Å². The van der Waals surface area contributed by atoms with Gasteiger partial charge in [-0.15, -0.1) is 0 Å². The van der Waals surface area contributed by atoms with E-state index >= 15 is 0 Å². The molecule has 0 radical (unpaired) electrons. The molecule has 0 saturated heterocycles. The van der Waals surface area contributed by atoms with Crippen molar-refractivity contribution < 1.29 is 4.39 Å². The largest absolute Gasteiger partial charge is 0.308 e. The molecular weight excluding hydrogens is 265 g/mol. The van der Waals surface area contributed by atoms with E-state index in [-0.39, 0.29) is 17.9 Å². The molecule has 0 amide bonds. The van der Waals surface area contributed by atoms with Gasteiger partial charge in [0.2, 0.25) is 0 Å². The zero-order valence-electron chi connectivity index (χ0n) is 12.8. The first-order valence-corrected chi connectivity index (χ1v) is 7.12. The molecule has 1 aromatic carbocycles. The van der Waals surface area contributed by atoms with Crippen LogP contribution in [0.25, 0.3) is 0 Å². The average Bonchev–Trinajstić information content (AvgIpc) is 2.47. The summed E-state index contributed by atoms with van der Waals surface area (Å²) in [4.78, 5) is 5.95. The summed E-state index contributed by atoms with van der Waals surface area (Å²) in [6, 6.07) is 12.5. The van der Waals surface area contributed by atoms with Gasteiger partial charge < -0.3 is 10.2 Å². The van der Waals surface area contributed by atoms with Crippen molar-refractivity contribution in [2.24, 2.45) is 0 Å². The Bertz CT molecular complexity index is 557. The number of nitrogens with zero attached hydrogens (tertiary/aromatic N) is 2. The Balaban J connectivity index is 2.06. The van der Waals surface area contributed by atoms with Crippen LogP contribution in [0, 0.1) is 5.82 Å². The number of halogens is 1. The fraction of sp³-hybridized carbons (Fsp3) is 0.353. The summed E-state index contributed by atoms with van der Waals surface area (Å²) in [5.41, 5.74) is 1.89. The van der Waals surface area contributed by atoms with E-state index in [0.29, 0.717) is 12.1 Å². The second kappa shape index (κ2) is 7.29. The average molecular weight is 287 g/mol. The first kappa shape index (κ1) is 15.6. The predicted molar refractivity (Wildman–Crippen MR) is 83.4 cm³/mol. The number of benzene rings is 1. The lowest BCUT2D eigenvalue weighted by Crippen LogP contribution is -2.39. The Kier molecular flexibility index (Phi) is 5.42. The van der Waals surface area contributed by atoms with Crippen LogP contribution in [0.1, 0.15) is 24.1 Å². The van der Waals surface area contributed by atoms with Gasteiger partial charge in [0.25, 0.3) is 0 Å².